The van der Waals surface area contributed by atoms with E-state index < -0.39 is 17.4 Å². The molecule has 0 unspecified atom stereocenters. The van der Waals surface area contributed by atoms with Crippen molar-refractivity contribution in [3.63, 3.8) is 0 Å². The first-order valence-electron chi connectivity index (χ1n) is 7.83. The van der Waals surface area contributed by atoms with Crippen molar-refractivity contribution >= 4 is 17.6 Å². The Hall–Kier alpha value is -3.33. The third-order valence-corrected chi connectivity index (χ3v) is 4.26. The van der Waals surface area contributed by atoms with E-state index in [9.17, 15) is 14.4 Å². The summed E-state index contributed by atoms with van der Waals surface area (Å²) in [5.41, 5.74) is 5.84. The number of pyridine rings is 1. The fourth-order valence-corrected chi connectivity index (χ4v) is 2.90. The Bertz CT molecular complexity index is 993. The van der Waals surface area contributed by atoms with Crippen molar-refractivity contribution in [3.05, 3.63) is 45.7 Å². The van der Waals surface area contributed by atoms with E-state index >= 15 is 0 Å². The van der Waals surface area contributed by atoms with E-state index in [0.717, 1.165) is 10.6 Å². The number of benzene rings is 1. The third kappa shape index (κ3) is 2.40. The number of nitrogens with zero attached hydrogens (tertiary/aromatic N) is 1. The van der Waals surface area contributed by atoms with Crippen molar-refractivity contribution < 1.29 is 23.8 Å². The van der Waals surface area contributed by atoms with Crippen molar-refractivity contribution in [2.24, 2.45) is 0 Å². The highest BCUT2D eigenvalue weighted by molar-refractivity contribution is 6.23. The number of amides is 2. The Morgan fingerprint density at radius 1 is 1.15 bits per heavy atom. The van der Waals surface area contributed by atoms with Crippen molar-refractivity contribution in [3.8, 4) is 17.2 Å². The minimum absolute atomic E-state index is 0.0134. The van der Waals surface area contributed by atoms with Crippen molar-refractivity contribution in [2.75, 3.05) is 26.1 Å². The molecule has 2 aliphatic rings. The van der Waals surface area contributed by atoms with Gasteiger partial charge in [0.2, 0.25) is 0 Å². The number of carbonyl (C=O) groups is 2. The molecule has 1 saturated heterocycles. The maximum atomic E-state index is 12.5. The van der Waals surface area contributed by atoms with E-state index in [0.29, 0.717) is 30.4 Å². The van der Waals surface area contributed by atoms with Crippen molar-refractivity contribution in [2.45, 2.75) is 6.10 Å². The summed E-state index contributed by atoms with van der Waals surface area (Å²) in [6.45, 7) is 1.01. The van der Waals surface area contributed by atoms with Gasteiger partial charge < -0.3 is 19.9 Å². The maximum Gasteiger partial charge on any atom is 0.262 e. The molecule has 2 amide bonds. The second-order valence-corrected chi connectivity index (χ2v) is 5.89. The highest BCUT2D eigenvalue weighted by atomic mass is 16.6. The molecule has 26 heavy (non-hydrogen) atoms. The number of nitrogens with two attached hydrogens (primary N) is 1. The molecule has 0 spiro atoms. The number of fused-ring (bicyclic) bond motifs is 1. The fourth-order valence-electron chi connectivity index (χ4n) is 2.90. The van der Waals surface area contributed by atoms with Gasteiger partial charge in [0.25, 0.3) is 17.4 Å². The zero-order valence-corrected chi connectivity index (χ0v) is 13.8. The van der Waals surface area contributed by atoms with Gasteiger partial charge in [0.15, 0.2) is 11.5 Å². The van der Waals surface area contributed by atoms with Crippen LogP contribution in [0.2, 0.25) is 0 Å². The fraction of sp³-hybridized carbons (Fsp3) is 0.235. The Morgan fingerprint density at radius 2 is 1.92 bits per heavy atom. The maximum absolute atomic E-state index is 12.5. The average molecular weight is 357 g/mol. The van der Waals surface area contributed by atoms with E-state index in [2.05, 4.69) is 5.32 Å². The Kier molecular flexibility index (Phi) is 3.66. The molecule has 1 aromatic carbocycles. The molecule has 0 aliphatic carbocycles. The molecule has 0 atom stereocenters. The first-order chi connectivity index (χ1) is 12.5. The lowest BCUT2D eigenvalue weighted by Crippen LogP contribution is -2.38. The zero-order valence-electron chi connectivity index (χ0n) is 13.8. The first-order valence-corrected chi connectivity index (χ1v) is 7.83. The Morgan fingerprint density at radius 3 is 2.58 bits per heavy atom. The van der Waals surface area contributed by atoms with Crippen LogP contribution in [0.4, 0.5) is 5.82 Å². The molecule has 1 aromatic heterocycles. The van der Waals surface area contributed by atoms with Crippen LogP contribution >= 0.6 is 0 Å². The molecular formula is C17H15N3O6. The molecule has 9 heteroatoms. The lowest BCUT2D eigenvalue weighted by Gasteiger charge is -2.27. The molecule has 3 N–H and O–H groups in total. The van der Waals surface area contributed by atoms with Gasteiger partial charge in [-0.25, -0.2) is 0 Å². The summed E-state index contributed by atoms with van der Waals surface area (Å²) >= 11 is 0. The molecule has 0 saturated carbocycles. The van der Waals surface area contributed by atoms with Crippen LogP contribution in [0, 0.1) is 0 Å². The van der Waals surface area contributed by atoms with E-state index in [4.69, 9.17) is 19.9 Å². The Labute approximate surface area is 147 Å². The van der Waals surface area contributed by atoms with E-state index in [1.165, 1.54) is 7.11 Å². The molecule has 2 aromatic rings. The minimum atomic E-state index is -0.634. The van der Waals surface area contributed by atoms with Crippen LogP contribution in [-0.4, -0.2) is 42.8 Å². The molecular weight excluding hydrogens is 342 g/mol. The number of rotatable bonds is 4. The Balaban J connectivity index is 1.81. The molecule has 3 heterocycles. The van der Waals surface area contributed by atoms with Crippen LogP contribution in [0.3, 0.4) is 0 Å². The molecule has 4 rings (SSSR count). The molecule has 0 bridgehead atoms. The molecule has 2 aliphatic heterocycles. The summed E-state index contributed by atoms with van der Waals surface area (Å²) in [4.78, 5) is 36.1. The van der Waals surface area contributed by atoms with E-state index in [-0.39, 0.29) is 23.0 Å². The van der Waals surface area contributed by atoms with Gasteiger partial charge in [-0.15, -0.1) is 0 Å². The van der Waals surface area contributed by atoms with Gasteiger partial charge in [-0.05, 0) is 12.1 Å². The monoisotopic (exact) mass is 357 g/mol. The summed E-state index contributed by atoms with van der Waals surface area (Å²) in [6, 6.07) is 5.94. The third-order valence-electron chi connectivity index (χ3n) is 4.26. The quantitative estimate of drug-likeness (QED) is 0.744. The molecule has 9 nitrogen and oxygen atoms in total. The SMILES string of the molecule is COc1cc(-n2c(N)c3c(cc2=O)C(=O)NC3=O)ccc1OC1COC1. The van der Waals surface area contributed by atoms with Crippen LogP contribution < -0.4 is 26.1 Å². The lowest BCUT2D eigenvalue weighted by molar-refractivity contribution is -0.0803. The van der Waals surface area contributed by atoms with Gasteiger partial charge in [-0.2, -0.15) is 0 Å². The van der Waals surface area contributed by atoms with Crippen LogP contribution in [0.5, 0.6) is 11.5 Å². The number of aromatic nitrogens is 1. The highest BCUT2D eigenvalue weighted by Crippen LogP contribution is 2.32. The van der Waals surface area contributed by atoms with Crippen LogP contribution in [0.15, 0.2) is 29.1 Å². The smallest absolute Gasteiger partial charge is 0.262 e. The van der Waals surface area contributed by atoms with Crippen molar-refractivity contribution in [1.29, 1.82) is 0 Å². The number of carbonyl (C=O) groups excluding carboxylic acids is 2. The predicted molar refractivity (Wildman–Crippen MR) is 90.0 cm³/mol. The first kappa shape index (κ1) is 16.2. The summed E-state index contributed by atoms with van der Waals surface area (Å²) in [5.74, 6) is -0.468. The number of hydrogen-bond acceptors (Lipinski definition) is 7. The van der Waals surface area contributed by atoms with Crippen LogP contribution in [0.25, 0.3) is 5.69 Å². The molecule has 134 valence electrons. The number of methoxy groups -OCH3 is 1. The highest BCUT2D eigenvalue weighted by Gasteiger charge is 2.32. The molecule has 0 radical (unpaired) electrons. The minimum Gasteiger partial charge on any atom is -0.493 e. The van der Waals surface area contributed by atoms with E-state index in [1.54, 1.807) is 18.2 Å². The van der Waals surface area contributed by atoms with Gasteiger partial charge in [-0.1, -0.05) is 0 Å². The summed E-state index contributed by atoms with van der Waals surface area (Å²) in [7, 11) is 1.48. The predicted octanol–water partition coefficient (Wildman–Crippen LogP) is 0.0895. The topological polar surface area (TPSA) is 122 Å². The lowest BCUT2D eigenvalue weighted by atomic mass is 10.1. The molecule has 1 fully saturated rings. The average Bonchev–Trinajstić information content (AvgIpc) is 2.85. The number of ether oxygens (including phenoxy) is 3. The summed E-state index contributed by atoms with van der Waals surface area (Å²) in [6.07, 6.45) is -0.0442. The van der Waals surface area contributed by atoms with Crippen molar-refractivity contribution in [1.82, 2.24) is 9.88 Å². The van der Waals surface area contributed by atoms with Gasteiger partial charge in [0, 0.05) is 12.1 Å². The summed E-state index contributed by atoms with van der Waals surface area (Å²) in [5, 5.41) is 2.13. The van der Waals surface area contributed by atoms with E-state index in [1.807, 2.05) is 0 Å². The summed E-state index contributed by atoms with van der Waals surface area (Å²) < 4.78 is 17.3. The second kappa shape index (κ2) is 5.88. The van der Waals surface area contributed by atoms with Crippen LogP contribution in [-0.2, 0) is 4.74 Å². The van der Waals surface area contributed by atoms with Gasteiger partial charge >= 0.3 is 0 Å². The van der Waals surface area contributed by atoms with Gasteiger partial charge in [0.1, 0.15) is 11.9 Å². The van der Waals surface area contributed by atoms with Crippen LogP contribution in [0.1, 0.15) is 20.7 Å². The standard InChI is InChI=1S/C17H15N3O6/c1-24-12-4-8(2-3-11(12)26-9-6-25-7-9)20-13(21)5-10-14(15(20)18)17(23)19-16(10)22/h2-5,9H,6-7,18H2,1H3,(H,19,22,23). The normalized spacial score (nSPS) is 16.0. The zero-order chi connectivity index (χ0) is 18.4. The second-order valence-electron chi connectivity index (χ2n) is 5.89. The number of anilines is 1. The van der Waals surface area contributed by atoms with Gasteiger partial charge in [-0.3, -0.25) is 24.3 Å². The number of nitrogens with one attached hydrogen (secondary N) is 1. The number of hydrogen-bond donors (Lipinski definition) is 2. The number of nitrogen functional groups attached to an aromatic ring is 1. The van der Waals surface area contributed by atoms with Gasteiger partial charge in [0.05, 0.1) is 37.1 Å². The largest absolute Gasteiger partial charge is 0.493 e. The number of imide groups is 1.